The summed E-state index contributed by atoms with van der Waals surface area (Å²) in [6.07, 6.45) is 1.94. The van der Waals surface area contributed by atoms with Gasteiger partial charge >= 0.3 is 0 Å². The fourth-order valence-corrected chi connectivity index (χ4v) is 3.54. The molecule has 0 spiro atoms. The highest BCUT2D eigenvalue weighted by atomic mass is 16.7. The lowest BCUT2D eigenvalue weighted by Crippen LogP contribution is -3.10. The summed E-state index contributed by atoms with van der Waals surface area (Å²) in [7, 11) is 3.71. The molecule has 2 aliphatic heterocycles. The molecule has 6 nitrogen and oxygen atoms in total. The van der Waals surface area contributed by atoms with Gasteiger partial charge in [-0.2, -0.15) is 0 Å². The normalized spacial score (nSPS) is 21.3. The van der Waals surface area contributed by atoms with Crippen LogP contribution in [-0.4, -0.2) is 39.1 Å². The molecule has 1 aromatic rings. The van der Waals surface area contributed by atoms with Crippen molar-refractivity contribution in [3.63, 3.8) is 0 Å². The van der Waals surface area contributed by atoms with Crippen molar-refractivity contribution in [3.05, 3.63) is 17.2 Å². The molecule has 2 heterocycles. The molecule has 0 radical (unpaired) electrons. The van der Waals surface area contributed by atoms with Crippen LogP contribution in [0.4, 0.5) is 0 Å². The van der Waals surface area contributed by atoms with E-state index in [2.05, 4.69) is 7.05 Å². The number of nitrogens with one attached hydrogen (secondary N) is 1. The van der Waals surface area contributed by atoms with E-state index in [4.69, 9.17) is 14.2 Å². The molecule has 6 heteroatoms. The zero-order valence-corrected chi connectivity index (χ0v) is 14.4. The summed E-state index contributed by atoms with van der Waals surface area (Å²) in [4.78, 5) is 24.7. The third-order valence-corrected chi connectivity index (χ3v) is 4.87. The number of methoxy groups -OCH3 is 1. The lowest BCUT2D eigenvalue weighted by atomic mass is 9.88. The van der Waals surface area contributed by atoms with Crippen molar-refractivity contribution in [2.24, 2.45) is 0 Å². The molecular weight excluding hydrogens is 310 g/mol. The zero-order valence-electron chi connectivity index (χ0n) is 14.4. The predicted octanol–water partition coefficient (Wildman–Crippen LogP) is 0.864. The number of rotatable bonds is 6. The fourth-order valence-electron chi connectivity index (χ4n) is 3.54. The highest BCUT2D eigenvalue weighted by molar-refractivity contribution is 5.85. The molecule has 1 N–H and O–H groups in total. The van der Waals surface area contributed by atoms with E-state index in [0.29, 0.717) is 36.5 Å². The summed E-state index contributed by atoms with van der Waals surface area (Å²) in [6, 6.07) is 2.03. The lowest BCUT2D eigenvalue weighted by Gasteiger charge is -2.32. The molecule has 0 aromatic heterocycles. The molecule has 0 saturated heterocycles. The monoisotopic (exact) mass is 334 g/mol. The van der Waals surface area contributed by atoms with E-state index in [-0.39, 0.29) is 24.4 Å². The number of benzene rings is 1. The highest BCUT2D eigenvalue weighted by Crippen LogP contribution is 2.47. The van der Waals surface area contributed by atoms with Crippen molar-refractivity contribution in [2.45, 2.75) is 38.6 Å². The van der Waals surface area contributed by atoms with Crippen molar-refractivity contribution in [1.82, 2.24) is 0 Å². The maximum absolute atomic E-state index is 12.3. The number of likely N-dealkylation sites (N-methyl/N-ethyl adjacent to an activating group) is 1. The van der Waals surface area contributed by atoms with Crippen LogP contribution in [0.15, 0.2) is 6.07 Å². The van der Waals surface area contributed by atoms with E-state index in [1.807, 2.05) is 6.07 Å². The Hall–Kier alpha value is -2.08. The molecule has 130 valence electrons. The average molecular weight is 334 g/mol. The van der Waals surface area contributed by atoms with E-state index in [9.17, 15) is 9.59 Å². The maximum Gasteiger partial charge on any atom is 0.231 e. The van der Waals surface area contributed by atoms with Crippen molar-refractivity contribution < 1.29 is 28.7 Å². The second kappa shape index (κ2) is 6.81. The average Bonchev–Trinajstić information content (AvgIpc) is 3.01. The second-order valence-corrected chi connectivity index (χ2v) is 6.56. The van der Waals surface area contributed by atoms with Crippen LogP contribution in [0.1, 0.15) is 43.4 Å². The van der Waals surface area contributed by atoms with E-state index in [1.165, 1.54) is 11.8 Å². The second-order valence-electron chi connectivity index (χ2n) is 6.56. The molecule has 1 aromatic carbocycles. The lowest BCUT2D eigenvalue weighted by molar-refractivity contribution is -0.914. The number of hydrogen-bond acceptors (Lipinski definition) is 5. The van der Waals surface area contributed by atoms with Crippen LogP contribution in [0.25, 0.3) is 0 Å². The topological polar surface area (TPSA) is 66.3 Å². The molecule has 3 rings (SSSR count). The van der Waals surface area contributed by atoms with Crippen LogP contribution in [0, 0.1) is 0 Å². The first kappa shape index (κ1) is 16.8. The third-order valence-electron chi connectivity index (χ3n) is 4.87. The SMILES string of the molecule is COc1c2c(cc3c1[C@@H](CC(=O)CCC(C)=O)[NH+](C)CC3)OCO2. The highest BCUT2D eigenvalue weighted by Gasteiger charge is 2.37. The van der Waals surface area contributed by atoms with Gasteiger partial charge in [0.1, 0.15) is 17.6 Å². The zero-order chi connectivity index (χ0) is 17.3. The number of ether oxygens (including phenoxy) is 3. The van der Waals surface area contributed by atoms with Gasteiger partial charge in [0.15, 0.2) is 11.5 Å². The van der Waals surface area contributed by atoms with Crippen LogP contribution in [0.2, 0.25) is 0 Å². The predicted molar refractivity (Wildman–Crippen MR) is 86.9 cm³/mol. The van der Waals surface area contributed by atoms with Crippen molar-refractivity contribution in [2.75, 3.05) is 27.5 Å². The van der Waals surface area contributed by atoms with Crippen LogP contribution in [-0.2, 0) is 16.0 Å². The van der Waals surface area contributed by atoms with Crippen LogP contribution in [0.5, 0.6) is 17.2 Å². The van der Waals surface area contributed by atoms with Gasteiger partial charge in [0.2, 0.25) is 12.5 Å². The number of carbonyl (C=O) groups is 2. The molecule has 0 aliphatic carbocycles. The van der Waals surface area contributed by atoms with Gasteiger partial charge in [-0.15, -0.1) is 0 Å². The molecule has 0 fully saturated rings. The Bertz CT molecular complexity index is 670. The number of Topliss-reactive ketones (excluding diaryl/α,β-unsaturated/α-hetero) is 2. The van der Waals surface area contributed by atoms with Gasteiger partial charge in [-0.05, 0) is 18.6 Å². The number of fused-ring (bicyclic) bond motifs is 2. The number of hydrogen-bond donors (Lipinski definition) is 1. The summed E-state index contributed by atoms with van der Waals surface area (Å²) in [5, 5.41) is 0. The molecule has 24 heavy (non-hydrogen) atoms. The number of quaternary nitrogens is 1. The molecule has 2 atom stereocenters. The Morgan fingerprint density at radius 2 is 2.12 bits per heavy atom. The Balaban J connectivity index is 1.92. The van der Waals surface area contributed by atoms with Gasteiger partial charge in [-0.3, -0.25) is 4.79 Å². The number of ketones is 2. The van der Waals surface area contributed by atoms with Gasteiger partial charge < -0.3 is 23.9 Å². The Morgan fingerprint density at radius 3 is 2.83 bits per heavy atom. The first-order valence-electron chi connectivity index (χ1n) is 8.34. The minimum Gasteiger partial charge on any atom is -0.492 e. The fraction of sp³-hybridized carbons (Fsp3) is 0.556. The largest absolute Gasteiger partial charge is 0.492 e. The van der Waals surface area contributed by atoms with Crippen molar-refractivity contribution in [1.29, 1.82) is 0 Å². The molecular formula is C18H24NO5+. The summed E-state index contributed by atoms with van der Waals surface area (Å²) < 4.78 is 16.7. The van der Waals surface area contributed by atoms with E-state index < -0.39 is 0 Å². The van der Waals surface area contributed by atoms with Gasteiger partial charge in [0.25, 0.3) is 0 Å². The molecule has 0 bridgehead atoms. The minimum absolute atomic E-state index is 0.0117. The molecule has 1 unspecified atom stereocenters. The molecule has 0 saturated carbocycles. The minimum atomic E-state index is 0.0117. The van der Waals surface area contributed by atoms with Gasteiger partial charge in [0.05, 0.1) is 32.7 Å². The summed E-state index contributed by atoms with van der Waals surface area (Å²) >= 11 is 0. The maximum atomic E-state index is 12.3. The van der Waals surface area contributed by atoms with Gasteiger partial charge in [-0.25, -0.2) is 0 Å². The molecule has 2 aliphatic rings. The Labute approximate surface area is 141 Å². The number of carbonyl (C=O) groups excluding carboxylic acids is 2. The van der Waals surface area contributed by atoms with Gasteiger partial charge in [0, 0.05) is 19.3 Å². The smallest absolute Gasteiger partial charge is 0.231 e. The van der Waals surface area contributed by atoms with Crippen LogP contribution in [0.3, 0.4) is 0 Å². The summed E-state index contributed by atoms with van der Waals surface area (Å²) in [5.74, 6) is 2.19. The third kappa shape index (κ3) is 3.11. The van der Waals surface area contributed by atoms with Crippen molar-refractivity contribution >= 4 is 11.6 Å². The molecule has 0 amide bonds. The Morgan fingerprint density at radius 1 is 1.33 bits per heavy atom. The van der Waals surface area contributed by atoms with Gasteiger partial charge in [-0.1, -0.05) is 0 Å². The summed E-state index contributed by atoms with van der Waals surface area (Å²) in [6.45, 7) is 2.66. The first-order chi connectivity index (χ1) is 11.5. The Kier molecular flexibility index (Phi) is 4.76. The van der Waals surface area contributed by atoms with E-state index in [1.54, 1.807) is 7.11 Å². The summed E-state index contributed by atoms with van der Waals surface area (Å²) in [5.41, 5.74) is 2.20. The van der Waals surface area contributed by atoms with Crippen LogP contribution < -0.4 is 19.1 Å². The quantitative estimate of drug-likeness (QED) is 0.836. The van der Waals surface area contributed by atoms with E-state index >= 15 is 0 Å². The van der Waals surface area contributed by atoms with E-state index in [0.717, 1.165) is 24.1 Å². The first-order valence-corrected chi connectivity index (χ1v) is 8.34. The van der Waals surface area contributed by atoms with Crippen LogP contribution >= 0.6 is 0 Å². The standard InChI is InChI=1S/C18H23NO5/c1-11(20)4-5-13(21)9-14-16-12(6-7-19(14)2)8-15-17(18(16)22-3)24-10-23-15/h8,14H,4-7,9-10H2,1-3H3/p+1/t14-/m1/s1. The van der Waals surface area contributed by atoms with Crippen molar-refractivity contribution in [3.8, 4) is 17.2 Å².